The smallest absolute Gasteiger partial charge is 0.341 e. The number of amides is 3. The van der Waals surface area contributed by atoms with Crippen molar-refractivity contribution >= 4 is 40.5 Å². The van der Waals surface area contributed by atoms with E-state index < -0.39 is 11.9 Å². The summed E-state index contributed by atoms with van der Waals surface area (Å²) in [6.07, 6.45) is 0. The number of nitrogens with zero attached hydrogens (tertiary/aromatic N) is 2. The molecule has 0 unspecified atom stereocenters. The van der Waals surface area contributed by atoms with Crippen LogP contribution in [0, 0.1) is 6.92 Å². The summed E-state index contributed by atoms with van der Waals surface area (Å²) in [7, 11) is 0. The molecule has 0 atom stereocenters. The lowest BCUT2D eigenvalue weighted by Gasteiger charge is -2.17. The Kier molecular flexibility index (Phi) is 4.31. The van der Waals surface area contributed by atoms with Gasteiger partial charge in [0.25, 0.3) is 5.91 Å². The van der Waals surface area contributed by atoms with E-state index in [2.05, 4.69) is 0 Å². The number of hydrogen-bond donors (Lipinski definition) is 0. The number of imide groups is 1. The molecule has 6 heteroatoms. The number of carbonyl (C=O) groups is 2. The first kappa shape index (κ1) is 16.1. The maximum absolute atomic E-state index is 12.7. The molecule has 1 heterocycles. The molecule has 24 heavy (non-hydrogen) atoms. The number of benzene rings is 2. The Morgan fingerprint density at radius 3 is 2.04 bits per heavy atom. The molecule has 5 nitrogen and oxygen atoms in total. The summed E-state index contributed by atoms with van der Waals surface area (Å²) >= 11 is 5.19. The van der Waals surface area contributed by atoms with Gasteiger partial charge in [0.1, 0.15) is 5.75 Å². The zero-order valence-electron chi connectivity index (χ0n) is 13.4. The molecule has 0 bridgehead atoms. The van der Waals surface area contributed by atoms with Crippen molar-refractivity contribution in [1.82, 2.24) is 0 Å². The zero-order valence-corrected chi connectivity index (χ0v) is 14.2. The molecule has 3 amide bonds. The lowest BCUT2D eigenvalue weighted by molar-refractivity contribution is -0.111. The number of aryl methyl sites for hydroxylation is 1. The first-order chi connectivity index (χ1) is 11.5. The van der Waals surface area contributed by atoms with Gasteiger partial charge in [-0.15, -0.1) is 0 Å². The van der Waals surface area contributed by atoms with Gasteiger partial charge in [0.05, 0.1) is 18.0 Å². The van der Waals surface area contributed by atoms with Gasteiger partial charge in [-0.3, -0.25) is 4.79 Å². The average molecular weight is 340 g/mol. The number of hydrogen-bond acceptors (Lipinski definition) is 4. The van der Waals surface area contributed by atoms with Crippen molar-refractivity contribution in [1.29, 1.82) is 0 Å². The fourth-order valence-corrected chi connectivity index (χ4v) is 2.75. The van der Waals surface area contributed by atoms with Gasteiger partial charge in [-0.2, -0.15) is 0 Å². The van der Waals surface area contributed by atoms with Crippen LogP contribution in [0.2, 0.25) is 0 Å². The van der Waals surface area contributed by atoms with Gasteiger partial charge in [-0.1, -0.05) is 29.9 Å². The lowest BCUT2D eigenvalue weighted by Crippen LogP contribution is -2.33. The van der Waals surface area contributed by atoms with E-state index in [0.29, 0.717) is 23.7 Å². The fraction of sp³-hybridized carbons (Fsp3) is 0.167. The predicted octanol–water partition coefficient (Wildman–Crippen LogP) is 3.69. The number of urea groups is 1. The van der Waals surface area contributed by atoms with Crippen LogP contribution in [0.15, 0.2) is 48.5 Å². The Hall–Kier alpha value is -2.73. The summed E-state index contributed by atoms with van der Waals surface area (Å²) in [6.45, 7) is 4.39. The Balaban J connectivity index is 1.92. The Morgan fingerprint density at radius 1 is 0.917 bits per heavy atom. The first-order valence-corrected chi connectivity index (χ1v) is 7.95. The number of rotatable bonds is 4. The molecule has 1 fully saturated rings. The third-order valence-electron chi connectivity index (χ3n) is 3.67. The molecule has 0 aliphatic carbocycles. The van der Waals surface area contributed by atoms with E-state index in [1.54, 1.807) is 36.4 Å². The largest absolute Gasteiger partial charge is 0.494 e. The monoisotopic (exact) mass is 340 g/mol. The van der Waals surface area contributed by atoms with E-state index >= 15 is 0 Å². The van der Waals surface area contributed by atoms with E-state index in [4.69, 9.17) is 17.0 Å². The van der Waals surface area contributed by atoms with Crippen molar-refractivity contribution in [3.05, 3.63) is 54.1 Å². The molecule has 122 valence electrons. The van der Waals surface area contributed by atoms with Crippen LogP contribution in [0.4, 0.5) is 16.2 Å². The van der Waals surface area contributed by atoms with Crippen molar-refractivity contribution in [3.63, 3.8) is 0 Å². The molecule has 0 radical (unpaired) electrons. The molecule has 0 N–H and O–H groups in total. The van der Waals surface area contributed by atoms with E-state index in [9.17, 15) is 9.59 Å². The van der Waals surface area contributed by atoms with Crippen LogP contribution in [0.25, 0.3) is 0 Å². The molecule has 1 aliphatic heterocycles. The summed E-state index contributed by atoms with van der Waals surface area (Å²) in [5.41, 5.74) is 2.09. The second kappa shape index (κ2) is 6.41. The van der Waals surface area contributed by atoms with Gasteiger partial charge >= 0.3 is 6.03 Å². The molecule has 3 rings (SSSR count). The van der Waals surface area contributed by atoms with Crippen molar-refractivity contribution < 1.29 is 14.3 Å². The molecular formula is C18H16N2O3S. The average Bonchev–Trinajstić information content (AvgIpc) is 2.80. The molecule has 0 aromatic heterocycles. The van der Waals surface area contributed by atoms with Crippen LogP contribution in [0.1, 0.15) is 12.5 Å². The van der Waals surface area contributed by atoms with E-state index in [1.165, 1.54) is 4.90 Å². The summed E-state index contributed by atoms with van der Waals surface area (Å²) < 4.78 is 5.39. The number of carbonyl (C=O) groups excluding carboxylic acids is 2. The van der Waals surface area contributed by atoms with Gasteiger partial charge in [-0.05, 0) is 50.2 Å². The Bertz CT molecular complexity index is 800. The highest BCUT2D eigenvalue weighted by molar-refractivity contribution is 7.82. The van der Waals surface area contributed by atoms with Crippen LogP contribution in [0.3, 0.4) is 0 Å². The number of anilines is 2. The highest BCUT2D eigenvalue weighted by atomic mass is 32.1. The van der Waals surface area contributed by atoms with E-state index in [-0.39, 0.29) is 4.99 Å². The number of thiocarbonyl (C=S) groups is 1. The standard InChI is InChI=1S/C18H16N2O3S/c1-3-23-15-10-8-14(9-11-15)20-17(24)16(21)19(18(20)22)13-6-4-12(2)5-7-13/h4-11H,3H2,1-2H3. The second-order valence-electron chi connectivity index (χ2n) is 5.33. The highest BCUT2D eigenvalue weighted by Crippen LogP contribution is 2.29. The minimum atomic E-state index is -0.493. The molecule has 1 saturated heterocycles. The molecule has 1 aliphatic rings. The molecule has 0 spiro atoms. The number of ether oxygens (including phenoxy) is 1. The van der Waals surface area contributed by atoms with Crippen LogP contribution < -0.4 is 14.5 Å². The summed E-state index contributed by atoms with van der Waals surface area (Å²) in [4.78, 5) is 27.5. The maximum Gasteiger partial charge on any atom is 0.341 e. The molecule has 0 saturated carbocycles. The lowest BCUT2D eigenvalue weighted by atomic mass is 10.2. The quantitative estimate of drug-likeness (QED) is 0.629. The fourth-order valence-electron chi connectivity index (χ4n) is 2.47. The summed E-state index contributed by atoms with van der Waals surface area (Å²) in [5.74, 6) is 0.202. The molecule has 2 aromatic rings. The third-order valence-corrected chi connectivity index (χ3v) is 4.03. The molecular weight excluding hydrogens is 324 g/mol. The van der Waals surface area contributed by atoms with Gasteiger partial charge < -0.3 is 4.74 Å². The Labute approximate surface area is 145 Å². The van der Waals surface area contributed by atoms with Crippen molar-refractivity contribution in [2.45, 2.75) is 13.8 Å². The van der Waals surface area contributed by atoms with Crippen LogP contribution in [-0.2, 0) is 4.79 Å². The molecule has 2 aromatic carbocycles. The van der Waals surface area contributed by atoms with Crippen LogP contribution >= 0.6 is 12.2 Å². The minimum absolute atomic E-state index is 0.0373. The van der Waals surface area contributed by atoms with Gasteiger partial charge in [0.2, 0.25) is 0 Å². The maximum atomic E-state index is 12.7. The SMILES string of the molecule is CCOc1ccc(N2C(=O)N(c3ccc(C)cc3)C(=O)C2=S)cc1. The van der Waals surface area contributed by atoms with E-state index in [1.807, 2.05) is 26.0 Å². The van der Waals surface area contributed by atoms with Gasteiger partial charge in [-0.25, -0.2) is 14.6 Å². The van der Waals surface area contributed by atoms with E-state index in [0.717, 1.165) is 10.5 Å². The topological polar surface area (TPSA) is 49.9 Å². The van der Waals surface area contributed by atoms with Gasteiger partial charge in [0.15, 0.2) is 4.99 Å². The summed E-state index contributed by atoms with van der Waals surface area (Å²) in [6, 6.07) is 13.6. The normalized spacial score (nSPS) is 14.5. The van der Waals surface area contributed by atoms with Crippen LogP contribution in [-0.4, -0.2) is 23.5 Å². The third kappa shape index (κ3) is 2.76. The van der Waals surface area contributed by atoms with Crippen molar-refractivity contribution in [2.24, 2.45) is 0 Å². The van der Waals surface area contributed by atoms with Crippen molar-refractivity contribution in [3.8, 4) is 5.75 Å². The minimum Gasteiger partial charge on any atom is -0.494 e. The summed E-state index contributed by atoms with van der Waals surface area (Å²) in [5, 5.41) is 0. The van der Waals surface area contributed by atoms with Crippen molar-refractivity contribution in [2.75, 3.05) is 16.4 Å². The van der Waals surface area contributed by atoms with Crippen LogP contribution in [0.5, 0.6) is 5.75 Å². The predicted molar refractivity (Wildman–Crippen MR) is 96.7 cm³/mol. The zero-order chi connectivity index (χ0) is 17.3. The van der Waals surface area contributed by atoms with Gasteiger partial charge in [0, 0.05) is 0 Å². The Morgan fingerprint density at radius 2 is 1.46 bits per heavy atom. The second-order valence-corrected chi connectivity index (χ2v) is 5.71. The highest BCUT2D eigenvalue weighted by Gasteiger charge is 2.43. The first-order valence-electron chi connectivity index (χ1n) is 7.55.